The molecule has 0 bridgehead atoms. The fraction of sp³-hybridized carbons (Fsp3) is 0.417. The summed E-state index contributed by atoms with van der Waals surface area (Å²) in [7, 11) is 0. The minimum Gasteiger partial charge on any atom is -0.352 e. The van der Waals surface area contributed by atoms with Crippen LogP contribution in [0.25, 0.3) is 0 Å². The third-order valence-corrected chi connectivity index (χ3v) is 5.62. The van der Waals surface area contributed by atoms with Gasteiger partial charge in [0.1, 0.15) is 6.04 Å². The predicted octanol–water partition coefficient (Wildman–Crippen LogP) is 4.56. The van der Waals surface area contributed by atoms with Gasteiger partial charge in [-0.05, 0) is 38.3 Å². The molecule has 156 valence electrons. The molecule has 4 nitrogen and oxygen atoms in total. The van der Waals surface area contributed by atoms with Gasteiger partial charge in [-0.25, -0.2) is 0 Å². The molecule has 0 unspecified atom stereocenters. The average molecular weight is 413 g/mol. The van der Waals surface area contributed by atoms with Gasteiger partial charge in [0, 0.05) is 18.3 Å². The summed E-state index contributed by atoms with van der Waals surface area (Å²) in [6.45, 7) is 8.33. The molecule has 2 rings (SSSR count). The molecule has 2 aromatic carbocycles. The Balaban J connectivity index is 2.08. The van der Waals surface area contributed by atoms with Crippen LogP contribution < -0.4 is 5.32 Å². The number of hydrogen-bond donors (Lipinski definition) is 1. The summed E-state index contributed by atoms with van der Waals surface area (Å²) in [5, 5.41) is 2.96. The SMILES string of the molecule is CC[C@@H](C(=O)NC(C)C)N(Cc1ccccc1)C(=O)CSCc1ccc(C)cc1. The van der Waals surface area contributed by atoms with Gasteiger partial charge in [0.25, 0.3) is 0 Å². The molecule has 1 atom stereocenters. The number of nitrogens with zero attached hydrogens (tertiary/aromatic N) is 1. The molecule has 0 fully saturated rings. The van der Waals surface area contributed by atoms with Gasteiger partial charge in [-0.15, -0.1) is 11.8 Å². The lowest BCUT2D eigenvalue weighted by Gasteiger charge is -2.31. The average Bonchev–Trinajstić information content (AvgIpc) is 2.69. The Bertz CT molecular complexity index is 775. The number of aryl methyl sites for hydroxylation is 1. The summed E-state index contributed by atoms with van der Waals surface area (Å²) in [5.74, 6) is 1.04. The molecule has 2 aromatic rings. The minimum absolute atomic E-state index is 0.00304. The van der Waals surface area contributed by atoms with Crippen LogP contribution in [0.3, 0.4) is 0 Å². The highest BCUT2D eigenvalue weighted by Gasteiger charge is 2.28. The van der Waals surface area contributed by atoms with Crippen LogP contribution in [0.4, 0.5) is 0 Å². The predicted molar refractivity (Wildman–Crippen MR) is 122 cm³/mol. The number of thioether (sulfide) groups is 1. The van der Waals surface area contributed by atoms with Crippen LogP contribution in [-0.4, -0.2) is 34.6 Å². The first kappa shape index (κ1) is 23.0. The molecular weight excluding hydrogens is 380 g/mol. The lowest BCUT2D eigenvalue weighted by Crippen LogP contribution is -2.50. The van der Waals surface area contributed by atoms with E-state index in [1.54, 1.807) is 16.7 Å². The van der Waals surface area contributed by atoms with E-state index in [0.717, 1.165) is 11.3 Å². The first-order valence-corrected chi connectivity index (χ1v) is 11.3. The van der Waals surface area contributed by atoms with Crippen molar-refractivity contribution in [3.05, 3.63) is 71.3 Å². The smallest absolute Gasteiger partial charge is 0.243 e. The lowest BCUT2D eigenvalue weighted by molar-refractivity contribution is -0.139. The summed E-state index contributed by atoms with van der Waals surface area (Å²) in [4.78, 5) is 27.6. The Labute approximate surface area is 179 Å². The molecule has 0 heterocycles. The first-order valence-electron chi connectivity index (χ1n) is 10.2. The summed E-state index contributed by atoms with van der Waals surface area (Å²) in [6, 6.07) is 17.8. The van der Waals surface area contributed by atoms with Gasteiger partial charge in [-0.3, -0.25) is 9.59 Å². The summed E-state index contributed by atoms with van der Waals surface area (Å²) in [5.41, 5.74) is 3.46. The Morgan fingerprint density at radius 2 is 1.66 bits per heavy atom. The third-order valence-electron chi connectivity index (χ3n) is 4.63. The zero-order valence-electron chi connectivity index (χ0n) is 17.9. The van der Waals surface area contributed by atoms with Crippen LogP contribution in [0.15, 0.2) is 54.6 Å². The van der Waals surface area contributed by atoms with Crippen LogP contribution in [0.5, 0.6) is 0 Å². The third kappa shape index (κ3) is 7.58. The van der Waals surface area contributed by atoms with Crippen LogP contribution >= 0.6 is 11.8 Å². The second kappa shape index (κ2) is 11.7. The number of amides is 2. The number of carbonyl (C=O) groups is 2. The van der Waals surface area contributed by atoms with Gasteiger partial charge < -0.3 is 10.2 Å². The Morgan fingerprint density at radius 1 is 1.00 bits per heavy atom. The summed E-state index contributed by atoms with van der Waals surface area (Å²) >= 11 is 1.59. The standard InChI is InChI=1S/C24H32N2O2S/c1-5-22(24(28)25-18(2)3)26(15-20-9-7-6-8-10-20)23(27)17-29-16-21-13-11-19(4)12-14-21/h6-14,18,22H,5,15-17H2,1-4H3,(H,25,28)/t22-/m0/s1. The molecule has 1 N–H and O–H groups in total. The van der Waals surface area contributed by atoms with Crippen molar-refractivity contribution in [2.24, 2.45) is 0 Å². The molecule has 5 heteroatoms. The molecule has 0 radical (unpaired) electrons. The fourth-order valence-electron chi connectivity index (χ4n) is 3.10. The molecule has 0 saturated carbocycles. The largest absolute Gasteiger partial charge is 0.352 e. The number of rotatable bonds is 10. The van der Waals surface area contributed by atoms with Crippen LogP contribution in [0, 0.1) is 6.92 Å². The van der Waals surface area contributed by atoms with Gasteiger partial charge in [0.05, 0.1) is 5.75 Å². The zero-order chi connectivity index (χ0) is 21.2. The number of nitrogens with one attached hydrogen (secondary N) is 1. The molecule has 0 aliphatic heterocycles. The van der Waals surface area contributed by atoms with E-state index in [-0.39, 0.29) is 17.9 Å². The van der Waals surface area contributed by atoms with E-state index >= 15 is 0 Å². The van der Waals surface area contributed by atoms with Gasteiger partial charge in [-0.2, -0.15) is 0 Å². The van der Waals surface area contributed by atoms with Gasteiger partial charge in [-0.1, -0.05) is 67.1 Å². The highest BCUT2D eigenvalue weighted by atomic mass is 32.2. The van der Waals surface area contributed by atoms with Gasteiger partial charge in [0.2, 0.25) is 11.8 Å². The van der Waals surface area contributed by atoms with Crippen molar-refractivity contribution in [1.82, 2.24) is 10.2 Å². The van der Waals surface area contributed by atoms with Crippen molar-refractivity contribution in [1.29, 1.82) is 0 Å². The Morgan fingerprint density at radius 3 is 2.24 bits per heavy atom. The van der Waals surface area contributed by atoms with E-state index in [2.05, 4.69) is 36.5 Å². The number of benzene rings is 2. The lowest BCUT2D eigenvalue weighted by atomic mass is 10.1. The molecule has 0 spiro atoms. The number of carbonyl (C=O) groups excluding carboxylic acids is 2. The highest BCUT2D eigenvalue weighted by molar-refractivity contribution is 7.99. The number of hydrogen-bond acceptors (Lipinski definition) is 3. The Kier molecular flexibility index (Phi) is 9.26. The van der Waals surface area contributed by atoms with Crippen molar-refractivity contribution >= 4 is 23.6 Å². The van der Waals surface area contributed by atoms with Crippen molar-refractivity contribution in [2.75, 3.05) is 5.75 Å². The van der Waals surface area contributed by atoms with Crippen LogP contribution in [0.1, 0.15) is 43.9 Å². The van der Waals surface area contributed by atoms with Crippen LogP contribution in [-0.2, 0) is 21.9 Å². The fourth-order valence-corrected chi connectivity index (χ4v) is 3.97. The van der Waals surface area contributed by atoms with E-state index in [1.807, 2.05) is 51.1 Å². The molecule has 0 aliphatic carbocycles. The van der Waals surface area contributed by atoms with Crippen molar-refractivity contribution in [2.45, 2.75) is 58.5 Å². The van der Waals surface area contributed by atoms with Crippen molar-refractivity contribution in [3.8, 4) is 0 Å². The quantitative estimate of drug-likeness (QED) is 0.622. The molecule has 0 saturated heterocycles. The highest BCUT2D eigenvalue weighted by Crippen LogP contribution is 2.17. The topological polar surface area (TPSA) is 49.4 Å². The molecule has 29 heavy (non-hydrogen) atoms. The van der Waals surface area contributed by atoms with E-state index < -0.39 is 6.04 Å². The first-order chi connectivity index (χ1) is 13.9. The maximum absolute atomic E-state index is 13.1. The maximum atomic E-state index is 13.1. The monoisotopic (exact) mass is 412 g/mol. The van der Waals surface area contributed by atoms with E-state index in [4.69, 9.17) is 0 Å². The normalized spacial score (nSPS) is 11.9. The van der Waals surface area contributed by atoms with Crippen molar-refractivity contribution in [3.63, 3.8) is 0 Å². The molecule has 0 aromatic heterocycles. The molecule has 0 aliphatic rings. The van der Waals surface area contributed by atoms with Crippen LogP contribution in [0.2, 0.25) is 0 Å². The Hall–Kier alpha value is -2.27. The molecular formula is C24H32N2O2S. The van der Waals surface area contributed by atoms with Gasteiger partial charge >= 0.3 is 0 Å². The zero-order valence-corrected chi connectivity index (χ0v) is 18.7. The van der Waals surface area contributed by atoms with E-state index in [0.29, 0.717) is 18.7 Å². The van der Waals surface area contributed by atoms with Crippen molar-refractivity contribution < 1.29 is 9.59 Å². The van der Waals surface area contributed by atoms with E-state index in [1.165, 1.54) is 11.1 Å². The second-order valence-corrected chi connectivity index (χ2v) is 8.56. The van der Waals surface area contributed by atoms with E-state index in [9.17, 15) is 9.59 Å². The second-order valence-electron chi connectivity index (χ2n) is 7.57. The molecule has 2 amide bonds. The maximum Gasteiger partial charge on any atom is 0.243 e. The van der Waals surface area contributed by atoms with Gasteiger partial charge in [0.15, 0.2) is 0 Å². The minimum atomic E-state index is -0.468. The summed E-state index contributed by atoms with van der Waals surface area (Å²) < 4.78 is 0. The summed E-state index contributed by atoms with van der Waals surface area (Å²) in [6.07, 6.45) is 0.583.